The quantitative estimate of drug-likeness (QED) is 0.191. The van der Waals surface area contributed by atoms with Gasteiger partial charge in [-0.1, -0.05) is 96.6 Å². The molecule has 0 fully saturated rings. The standard InChI is InChI=1S/C34H27N3OS/c1-25-17-19-26(20-18-25)30-23-32(27-11-5-2-6-12-27)36-34(31(30)24-35)39-22-21-33(38)37(28-13-7-3-8-14-28)29-15-9-4-10-16-29/h2-20,23H,21-22H2,1H3. The number of amides is 1. The van der Waals surface area contributed by atoms with Crippen molar-refractivity contribution in [2.24, 2.45) is 0 Å². The predicted molar refractivity (Wildman–Crippen MR) is 160 cm³/mol. The molecule has 1 aromatic heterocycles. The lowest BCUT2D eigenvalue weighted by Crippen LogP contribution is -2.26. The number of nitriles is 1. The fraction of sp³-hybridized carbons (Fsp3) is 0.0882. The first-order valence-corrected chi connectivity index (χ1v) is 13.8. The van der Waals surface area contributed by atoms with Crippen molar-refractivity contribution in [3.05, 3.63) is 132 Å². The summed E-state index contributed by atoms with van der Waals surface area (Å²) in [5.74, 6) is 0.471. The number of hydrogen-bond donors (Lipinski definition) is 0. The minimum absolute atomic E-state index is 0.0172. The third kappa shape index (κ3) is 6.09. The average Bonchev–Trinajstić information content (AvgIpc) is 2.99. The molecule has 0 aliphatic rings. The summed E-state index contributed by atoms with van der Waals surface area (Å²) in [6, 6.07) is 41.8. The molecule has 0 saturated carbocycles. The van der Waals surface area contributed by atoms with Crippen molar-refractivity contribution in [3.8, 4) is 28.5 Å². The van der Waals surface area contributed by atoms with E-state index in [-0.39, 0.29) is 12.3 Å². The molecular formula is C34H27N3OS. The molecule has 0 saturated heterocycles. The molecule has 0 bridgehead atoms. The second-order valence-corrected chi connectivity index (χ2v) is 10.2. The fourth-order valence-electron chi connectivity index (χ4n) is 4.39. The van der Waals surface area contributed by atoms with Crippen LogP contribution in [0.1, 0.15) is 17.5 Å². The van der Waals surface area contributed by atoms with E-state index in [4.69, 9.17) is 4.98 Å². The van der Waals surface area contributed by atoms with Crippen LogP contribution in [-0.2, 0) is 4.79 Å². The van der Waals surface area contributed by atoms with Crippen LogP contribution in [0.2, 0.25) is 0 Å². The molecule has 4 nitrogen and oxygen atoms in total. The summed E-state index contributed by atoms with van der Waals surface area (Å²) in [5, 5.41) is 10.8. The molecule has 5 heteroatoms. The van der Waals surface area contributed by atoms with Gasteiger partial charge in [-0.05, 0) is 42.8 Å². The van der Waals surface area contributed by atoms with Crippen LogP contribution in [0, 0.1) is 18.3 Å². The Kier molecular flexibility index (Phi) is 8.16. The SMILES string of the molecule is Cc1ccc(-c2cc(-c3ccccc3)nc(SCCC(=O)N(c3ccccc3)c3ccccc3)c2C#N)cc1. The molecule has 39 heavy (non-hydrogen) atoms. The zero-order valence-corrected chi connectivity index (χ0v) is 22.4. The molecule has 1 amide bonds. The summed E-state index contributed by atoms with van der Waals surface area (Å²) in [6.45, 7) is 2.05. The molecule has 4 aromatic carbocycles. The first-order valence-electron chi connectivity index (χ1n) is 12.8. The Morgan fingerprint density at radius 3 is 1.92 bits per heavy atom. The maximum Gasteiger partial charge on any atom is 0.232 e. The van der Waals surface area contributed by atoms with Gasteiger partial charge in [-0.2, -0.15) is 5.26 Å². The lowest BCUT2D eigenvalue weighted by Gasteiger charge is -2.23. The number of carbonyl (C=O) groups is 1. The van der Waals surface area contributed by atoms with E-state index < -0.39 is 0 Å². The van der Waals surface area contributed by atoms with Crippen molar-refractivity contribution in [2.45, 2.75) is 18.4 Å². The zero-order valence-electron chi connectivity index (χ0n) is 21.6. The number of aromatic nitrogens is 1. The van der Waals surface area contributed by atoms with Crippen LogP contribution >= 0.6 is 11.8 Å². The first-order chi connectivity index (χ1) is 19.1. The van der Waals surface area contributed by atoms with Crippen molar-refractivity contribution in [1.29, 1.82) is 5.26 Å². The summed E-state index contributed by atoms with van der Waals surface area (Å²) in [5.41, 5.74) is 6.92. The molecule has 0 radical (unpaired) electrons. The number of aryl methyl sites for hydroxylation is 1. The number of carbonyl (C=O) groups excluding carboxylic acids is 1. The number of rotatable bonds is 8. The van der Waals surface area contributed by atoms with Crippen molar-refractivity contribution in [3.63, 3.8) is 0 Å². The average molecular weight is 526 g/mol. The molecule has 0 atom stereocenters. The van der Waals surface area contributed by atoms with Crippen LogP contribution in [0.5, 0.6) is 0 Å². The smallest absolute Gasteiger partial charge is 0.232 e. The largest absolute Gasteiger partial charge is 0.281 e. The lowest BCUT2D eigenvalue weighted by molar-refractivity contribution is -0.117. The number of pyridine rings is 1. The second-order valence-electron chi connectivity index (χ2n) is 9.08. The van der Waals surface area contributed by atoms with Gasteiger partial charge in [-0.3, -0.25) is 9.69 Å². The number of hydrogen-bond acceptors (Lipinski definition) is 4. The van der Waals surface area contributed by atoms with E-state index in [0.717, 1.165) is 39.3 Å². The van der Waals surface area contributed by atoms with E-state index in [0.29, 0.717) is 16.3 Å². The Morgan fingerprint density at radius 2 is 1.36 bits per heavy atom. The van der Waals surface area contributed by atoms with Gasteiger partial charge in [0.2, 0.25) is 5.91 Å². The monoisotopic (exact) mass is 525 g/mol. The fourth-order valence-corrected chi connectivity index (χ4v) is 5.32. The summed E-state index contributed by atoms with van der Waals surface area (Å²) in [4.78, 5) is 20.2. The number of thioether (sulfide) groups is 1. The zero-order chi connectivity index (χ0) is 27.0. The van der Waals surface area contributed by atoms with Crippen molar-refractivity contribution < 1.29 is 4.79 Å². The Morgan fingerprint density at radius 1 is 0.795 bits per heavy atom. The van der Waals surface area contributed by atoms with Crippen LogP contribution in [0.4, 0.5) is 11.4 Å². The first kappa shape index (κ1) is 26.0. The van der Waals surface area contributed by atoms with Gasteiger partial charge < -0.3 is 0 Å². The number of anilines is 2. The van der Waals surface area contributed by atoms with Crippen LogP contribution in [0.15, 0.2) is 126 Å². The third-order valence-corrected chi connectivity index (χ3v) is 7.34. The van der Waals surface area contributed by atoms with Crippen LogP contribution < -0.4 is 4.90 Å². The van der Waals surface area contributed by atoms with Gasteiger partial charge in [0.1, 0.15) is 11.1 Å². The Bertz CT molecular complexity index is 1560. The van der Waals surface area contributed by atoms with Crippen molar-refractivity contribution in [1.82, 2.24) is 4.98 Å². The van der Waals surface area contributed by atoms with Crippen LogP contribution in [0.3, 0.4) is 0 Å². The van der Waals surface area contributed by atoms with E-state index in [9.17, 15) is 10.1 Å². The third-order valence-electron chi connectivity index (χ3n) is 6.36. The molecule has 190 valence electrons. The van der Waals surface area contributed by atoms with Gasteiger partial charge in [0.05, 0.1) is 11.3 Å². The van der Waals surface area contributed by atoms with Gasteiger partial charge in [0.15, 0.2) is 0 Å². The highest BCUT2D eigenvalue weighted by Crippen LogP contribution is 2.35. The van der Waals surface area contributed by atoms with E-state index in [2.05, 4.69) is 6.07 Å². The summed E-state index contributed by atoms with van der Waals surface area (Å²) in [7, 11) is 0. The molecule has 0 aliphatic carbocycles. The molecule has 0 aliphatic heterocycles. The normalized spacial score (nSPS) is 10.6. The molecule has 0 spiro atoms. The van der Waals surface area contributed by atoms with Gasteiger partial charge in [0, 0.05) is 34.7 Å². The van der Waals surface area contributed by atoms with Gasteiger partial charge >= 0.3 is 0 Å². The Labute approximate surface area is 233 Å². The molecule has 1 heterocycles. The lowest BCUT2D eigenvalue weighted by atomic mass is 9.98. The molecular weight excluding hydrogens is 498 g/mol. The molecule has 0 N–H and O–H groups in total. The maximum absolute atomic E-state index is 13.5. The highest BCUT2D eigenvalue weighted by Gasteiger charge is 2.20. The molecule has 0 unspecified atom stereocenters. The second kappa shape index (κ2) is 12.3. The van der Waals surface area contributed by atoms with Crippen LogP contribution in [0.25, 0.3) is 22.4 Å². The summed E-state index contributed by atoms with van der Waals surface area (Å²) >= 11 is 1.45. The van der Waals surface area contributed by atoms with E-state index in [1.54, 1.807) is 4.90 Å². The minimum Gasteiger partial charge on any atom is -0.281 e. The maximum atomic E-state index is 13.5. The van der Waals surface area contributed by atoms with Crippen molar-refractivity contribution in [2.75, 3.05) is 10.7 Å². The van der Waals surface area contributed by atoms with Crippen molar-refractivity contribution >= 4 is 29.0 Å². The highest BCUT2D eigenvalue weighted by molar-refractivity contribution is 7.99. The van der Waals surface area contributed by atoms with E-state index >= 15 is 0 Å². The Balaban J connectivity index is 1.45. The number of benzene rings is 4. The summed E-state index contributed by atoms with van der Waals surface area (Å²) < 4.78 is 0. The minimum atomic E-state index is -0.0172. The molecule has 5 aromatic rings. The number of nitrogens with zero attached hydrogens (tertiary/aromatic N) is 3. The van der Waals surface area contributed by atoms with E-state index in [1.807, 2.05) is 128 Å². The number of para-hydroxylation sites is 2. The topological polar surface area (TPSA) is 57.0 Å². The van der Waals surface area contributed by atoms with Gasteiger partial charge in [-0.15, -0.1) is 11.8 Å². The predicted octanol–water partition coefficient (Wildman–Crippen LogP) is 8.44. The summed E-state index contributed by atoms with van der Waals surface area (Å²) in [6.07, 6.45) is 0.288. The van der Waals surface area contributed by atoms with Gasteiger partial charge in [0.25, 0.3) is 0 Å². The highest BCUT2D eigenvalue weighted by atomic mass is 32.2. The van der Waals surface area contributed by atoms with Gasteiger partial charge in [-0.25, -0.2) is 4.98 Å². The van der Waals surface area contributed by atoms with E-state index in [1.165, 1.54) is 11.8 Å². The van der Waals surface area contributed by atoms with Crippen LogP contribution in [-0.4, -0.2) is 16.6 Å². The Hall–Kier alpha value is -4.66. The molecule has 5 rings (SSSR count).